The maximum Gasteiger partial charge on any atom is 0.243 e. The van der Waals surface area contributed by atoms with Gasteiger partial charge in [-0.05, 0) is 66.9 Å². The second kappa shape index (κ2) is 10.6. The SMILES string of the molecule is Cc1ccccc1CN(CC(=O)NC(C)c1ccc(Br)cc1)S(=O)(=O)c1ccc(Cl)cc1. The number of nitrogens with zero attached hydrogens (tertiary/aromatic N) is 1. The minimum Gasteiger partial charge on any atom is -0.348 e. The predicted molar refractivity (Wildman–Crippen MR) is 131 cm³/mol. The number of rotatable bonds is 8. The molecular formula is C24H24BrClN2O3S. The van der Waals surface area contributed by atoms with Crippen molar-refractivity contribution in [1.82, 2.24) is 9.62 Å². The van der Waals surface area contributed by atoms with Crippen molar-refractivity contribution in [2.45, 2.75) is 31.3 Å². The first kappa shape index (κ1) is 24.5. The molecular weight excluding hydrogens is 512 g/mol. The molecule has 0 radical (unpaired) electrons. The van der Waals surface area contributed by atoms with E-state index in [1.54, 1.807) is 0 Å². The van der Waals surface area contributed by atoms with Gasteiger partial charge in [0.1, 0.15) is 0 Å². The smallest absolute Gasteiger partial charge is 0.243 e. The highest BCUT2D eigenvalue weighted by atomic mass is 79.9. The van der Waals surface area contributed by atoms with E-state index in [0.717, 1.165) is 21.2 Å². The maximum absolute atomic E-state index is 13.4. The fourth-order valence-corrected chi connectivity index (χ4v) is 5.01. The molecule has 0 bridgehead atoms. The molecule has 3 rings (SSSR count). The molecule has 0 fully saturated rings. The average molecular weight is 536 g/mol. The van der Waals surface area contributed by atoms with Gasteiger partial charge in [0, 0.05) is 16.0 Å². The van der Waals surface area contributed by atoms with Crippen molar-refractivity contribution in [1.29, 1.82) is 0 Å². The standard InChI is InChI=1S/C24H24BrClN2O3S/c1-17-5-3-4-6-20(17)15-28(32(30,31)23-13-11-22(26)12-14-23)16-24(29)27-18(2)19-7-9-21(25)10-8-19/h3-14,18H,15-16H2,1-2H3,(H,27,29). The largest absolute Gasteiger partial charge is 0.348 e. The molecule has 0 aromatic heterocycles. The Bertz CT molecular complexity index is 1180. The summed E-state index contributed by atoms with van der Waals surface area (Å²) in [7, 11) is -3.93. The van der Waals surface area contributed by atoms with Crippen LogP contribution in [0.25, 0.3) is 0 Å². The van der Waals surface area contributed by atoms with Crippen molar-refractivity contribution in [2.75, 3.05) is 6.54 Å². The molecule has 3 aromatic carbocycles. The number of amides is 1. The lowest BCUT2D eigenvalue weighted by molar-refractivity contribution is -0.122. The zero-order chi connectivity index (χ0) is 23.3. The zero-order valence-corrected chi connectivity index (χ0v) is 20.9. The van der Waals surface area contributed by atoms with Crippen LogP contribution < -0.4 is 5.32 Å². The van der Waals surface area contributed by atoms with E-state index in [9.17, 15) is 13.2 Å². The van der Waals surface area contributed by atoms with E-state index in [2.05, 4.69) is 21.2 Å². The fraction of sp³-hybridized carbons (Fsp3) is 0.208. The van der Waals surface area contributed by atoms with Crippen LogP contribution in [0.5, 0.6) is 0 Å². The molecule has 0 heterocycles. The molecule has 0 aliphatic rings. The van der Waals surface area contributed by atoms with Crippen molar-refractivity contribution in [3.8, 4) is 0 Å². The van der Waals surface area contributed by atoms with Gasteiger partial charge in [-0.15, -0.1) is 0 Å². The van der Waals surface area contributed by atoms with Gasteiger partial charge in [0.2, 0.25) is 15.9 Å². The molecule has 1 amide bonds. The van der Waals surface area contributed by atoms with Crippen LogP contribution in [0.2, 0.25) is 5.02 Å². The van der Waals surface area contributed by atoms with Crippen molar-refractivity contribution in [3.63, 3.8) is 0 Å². The number of aryl methyl sites for hydroxylation is 1. The van der Waals surface area contributed by atoms with Crippen molar-refractivity contribution in [2.24, 2.45) is 0 Å². The molecule has 0 aliphatic heterocycles. The van der Waals surface area contributed by atoms with Gasteiger partial charge in [-0.25, -0.2) is 8.42 Å². The Kier molecular flexibility index (Phi) is 8.11. The van der Waals surface area contributed by atoms with Crippen LogP contribution >= 0.6 is 27.5 Å². The third-order valence-corrected chi connectivity index (χ3v) is 7.71. The summed E-state index contributed by atoms with van der Waals surface area (Å²) in [5.41, 5.74) is 2.71. The van der Waals surface area contributed by atoms with E-state index >= 15 is 0 Å². The Morgan fingerprint density at radius 3 is 2.28 bits per heavy atom. The highest BCUT2D eigenvalue weighted by molar-refractivity contribution is 9.10. The van der Waals surface area contributed by atoms with Gasteiger partial charge in [-0.1, -0.05) is 63.9 Å². The molecule has 3 aromatic rings. The van der Waals surface area contributed by atoms with Crippen LogP contribution in [0, 0.1) is 6.92 Å². The number of sulfonamides is 1. The minimum absolute atomic E-state index is 0.0811. The summed E-state index contributed by atoms with van der Waals surface area (Å²) in [5, 5.41) is 3.34. The van der Waals surface area contributed by atoms with Crippen molar-refractivity contribution >= 4 is 43.5 Å². The molecule has 1 atom stereocenters. The van der Waals surface area contributed by atoms with Crippen LogP contribution in [0.15, 0.2) is 82.2 Å². The van der Waals surface area contributed by atoms with E-state index in [0.29, 0.717) is 5.02 Å². The summed E-state index contributed by atoms with van der Waals surface area (Å²) < 4.78 is 28.9. The number of hydrogen-bond donors (Lipinski definition) is 1. The van der Waals surface area contributed by atoms with Crippen LogP contribution in [-0.2, 0) is 21.4 Å². The van der Waals surface area contributed by atoms with Gasteiger partial charge in [-0.2, -0.15) is 4.31 Å². The minimum atomic E-state index is -3.93. The van der Waals surface area contributed by atoms with Gasteiger partial charge in [0.25, 0.3) is 0 Å². The number of nitrogens with one attached hydrogen (secondary N) is 1. The summed E-state index contributed by atoms with van der Waals surface area (Å²) in [4.78, 5) is 13.0. The number of carbonyl (C=O) groups is 1. The Hall–Kier alpha value is -2.19. The number of carbonyl (C=O) groups excluding carboxylic acids is 1. The lowest BCUT2D eigenvalue weighted by atomic mass is 10.1. The van der Waals surface area contributed by atoms with Gasteiger partial charge in [0.05, 0.1) is 17.5 Å². The Labute approximate surface area is 202 Å². The van der Waals surface area contributed by atoms with E-state index in [1.165, 1.54) is 28.6 Å². The quantitative estimate of drug-likeness (QED) is 0.415. The Morgan fingerprint density at radius 1 is 1.03 bits per heavy atom. The van der Waals surface area contributed by atoms with Crippen LogP contribution in [0.4, 0.5) is 0 Å². The second-order valence-electron chi connectivity index (χ2n) is 7.49. The Balaban J connectivity index is 1.84. The van der Waals surface area contributed by atoms with Gasteiger partial charge in [-0.3, -0.25) is 4.79 Å². The van der Waals surface area contributed by atoms with E-state index in [1.807, 2.05) is 62.4 Å². The van der Waals surface area contributed by atoms with Crippen LogP contribution in [0.1, 0.15) is 29.7 Å². The molecule has 168 valence electrons. The molecule has 0 saturated heterocycles. The monoisotopic (exact) mass is 534 g/mol. The van der Waals surface area contributed by atoms with Gasteiger partial charge >= 0.3 is 0 Å². The number of benzene rings is 3. The number of hydrogen-bond acceptors (Lipinski definition) is 3. The lowest BCUT2D eigenvalue weighted by Gasteiger charge is -2.24. The van der Waals surface area contributed by atoms with Crippen LogP contribution in [0.3, 0.4) is 0 Å². The molecule has 0 aliphatic carbocycles. The molecule has 32 heavy (non-hydrogen) atoms. The zero-order valence-electron chi connectivity index (χ0n) is 17.8. The topological polar surface area (TPSA) is 66.5 Å². The summed E-state index contributed by atoms with van der Waals surface area (Å²) in [6, 6.07) is 20.8. The highest BCUT2D eigenvalue weighted by Crippen LogP contribution is 2.22. The van der Waals surface area contributed by atoms with Crippen molar-refractivity contribution in [3.05, 3.63) is 99.0 Å². The first-order valence-corrected chi connectivity index (χ1v) is 12.6. The first-order chi connectivity index (χ1) is 15.2. The van der Waals surface area contributed by atoms with Gasteiger partial charge in [0.15, 0.2) is 0 Å². The summed E-state index contributed by atoms with van der Waals surface area (Å²) >= 11 is 9.32. The normalized spacial score (nSPS) is 12.5. The van der Waals surface area contributed by atoms with E-state index < -0.39 is 10.0 Å². The summed E-state index contributed by atoms with van der Waals surface area (Å²) in [6.45, 7) is 3.55. The first-order valence-electron chi connectivity index (χ1n) is 10.0. The second-order valence-corrected chi connectivity index (χ2v) is 10.8. The molecule has 1 unspecified atom stereocenters. The molecule has 1 N–H and O–H groups in total. The number of halogens is 2. The molecule has 0 saturated carbocycles. The van der Waals surface area contributed by atoms with Gasteiger partial charge < -0.3 is 5.32 Å². The maximum atomic E-state index is 13.4. The third-order valence-electron chi connectivity index (χ3n) is 5.13. The lowest BCUT2D eigenvalue weighted by Crippen LogP contribution is -2.41. The Morgan fingerprint density at radius 2 is 1.66 bits per heavy atom. The van der Waals surface area contributed by atoms with Crippen molar-refractivity contribution < 1.29 is 13.2 Å². The van der Waals surface area contributed by atoms with Crippen LogP contribution in [-0.4, -0.2) is 25.2 Å². The average Bonchev–Trinajstić information content (AvgIpc) is 2.75. The molecule has 5 nitrogen and oxygen atoms in total. The third kappa shape index (κ3) is 6.19. The summed E-state index contributed by atoms with van der Waals surface area (Å²) in [6.07, 6.45) is 0. The highest BCUT2D eigenvalue weighted by Gasteiger charge is 2.28. The van der Waals surface area contributed by atoms with E-state index in [4.69, 9.17) is 11.6 Å². The predicted octanol–water partition coefficient (Wildman–Crippen LogP) is 5.48. The summed E-state index contributed by atoms with van der Waals surface area (Å²) in [5.74, 6) is -0.383. The fourth-order valence-electron chi connectivity index (χ4n) is 3.24. The van der Waals surface area contributed by atoms with E-state index in [-0.39, 0.29) is 29.9 Å². The molecule has 8 heteroatoms. The molecule has 0 spiro atoms.